The molecule has 218 valence electrons. The van der Waals surface area contributed by atoms with Crippen LogP contribution >= 0.6 is 0 Å². The largest absolute Gasteiger partial charge is 0.487 e. The van der Waals surface area contributed by atoms with Crippen molar-refractivity contribution in [1.82, 2.24) is 15.1 Å². The summed E-state index contributed by atoms with van der Waals surface area (Å²) in [6.07, 6.45) is -0.424. The average Bonchev–Trinajstić information content (AvgIpc) is 2.94. The maximum atomic E-state index is 13.7. The minimum Gasteiger partial charge on any atom is -0.487 e. The molecule has 0 unspecified atom stereocenters. The number of aliphatic hydroxyl groups excluding tert-OH is 1. The van der Waals surface area contributed by atoms with Crippen molar-refractivity contribution in [3.05, 3.63) is 66.2 Å². The van der Waals surface area contributed by atoms with Crippen LogP contribution in [0, 0.1) is 5.92 Å². The monoisotopic (exact) mass is 561 g/mol. The zero-order valence-corrected chi connectivity index (χ0v) is 24.2. The molecule has 5 amide bonds. The summed E-state index contributed by atoms with van der Waals surface area (Å²) < 4.78 is 6.35. The van der Waals surface area contributed by atoms with Crippen molar-refractivity contribution in [2.24, 2.45) is 5.92 Å². The van der Waals surface area contributed by atoms with E-state index in [0.29, 0.717) is 30.2 Å². The molecule has 10 nitrogen and oxygen atoms in total. The third kappa shape index (κ3) is 7.07. The first-order chi connectivity index (χ1) is 19.6. The summed E-state index contributed by atoms with van der Waals surface area (Å²) in [5.41, 5.74) is 1.34. The van der Waals surface area contributed by atoms with Gasteiger partial charge in [0.1, 0.15) is 11.9 Å². The number of carbonyl (C=O) groups excluding carboxylic acids is 3. The number of amides is 5. The summed E-state index contributed by atoms with van der Waals surface area (Å²) in [6, 6.07) is 17.2. The molecular formula is C31H39N5O5. The molecule has 0 fully saturated rings. The third-order valence-corrected chi connectivity index (χ3v) is 7.17. The van der Waals surface area contributed by atoms with Crippen LogP contribution in [0.3, 0.4) is 0 Å². The minimum absolute atomic E-state index is 0.0106. The van der Waals surface area contributed by atoms with Gasteiger partial charge >= 0.3 is 12.1 Å². The lowest BCUT2D eigenvalue weighted by Crippen LogP contribution is -2.51. The Labute approximate surface area is 240 Å². The number of nitrogens with one attached hydrogen (secondary N) is 3. The van der Waals surface area contributed by atoms with Crippen molar-refractivity contribution in [1.29, 1.82) is 0 Å². The molecule has 0 radical (unpaired) electrons. The van der Waals surface area contributed by atoms with E-state index in [1.165, 1.54) is 0 Å². The second kappa shape index (κ2) is 12.9. The Hall–Kier alpha value is -4.31. The number of ether oxygens (including phenoxy) is 1. The van der Waals surface area contributed by atoms with E-state index < -0.39 is 18.2 Å². The lowest BCUT2D eigenvalue weighted by molar-refractivity contribution is 0.0366. The van der Waals surface area contributed by atoms with Crippen molar-refractivity contribution < 1.29 is 24.2 Å². The highest BCUT2D eigenvalue weighted by Gasteiger charge is 2.34. The van der Waals surface area contributed by atoms with Crippen LogP contribution in [0.25, 0.3) is 10.8 Å². The average molecular weight is 562 g/mol. The Morgan fingerprint density at radius 2 is 1.80 bits per heavy atom. The van der Waals surface area contributed by atoms with Crippen molar-refractivity contribution >= 4 is 40.1 Å². The number of fused-ring (bicyclic) bond motifs is 2. The zero-order valence-electron chi connectivity index (χ0n) is 24.2. The number of anilines is 2. The fourth-order valence-electron chi connectivity index (χ4n) is 4.85. The molecule has 0 aromatic heterocycles. The number of benzene rings is 3. The predicted molar refractivity (Wildman–Crippen MR) is 160 cm³/mol. The first-order valence-corrected chi connectivity index (χ1v) is 13.9. The van der Waals surface area contributed by atoms with Crippen LogP contribution in [0.2, 0.25) is 0 Å². The van der Waals surface area contributed by atoms with Gasteiger partial charge in [0.15, 0.2) is 0 Å². The van der Waals surface area contributed by atoms with Crippen LogP contribution in [0.1, 0.15) is 38.1 Å². The summed E-state index contributed by atoms with van der Waals surface area (Å²) in [4.78, 5) is 42.4. The molecule has 41 heavy (non-hydrogen) atoms. The van der Waals surface area contributed by atoms with E-state index in [0.717, 1.165) is 10.8 Å². The number of urea groups is 2. The molecule has 4 rings (SSSR count). The summed E-state index contributed by atoms with van der Waals surface area (Å²) >= 11 is 0. The second-order valence-electron chi connectivity index (χ2n) is 10.9. The Morgan fingerprint density at radius 3 is 2.54 bits per heavy atom. The summed E-state index contributed by atoms with van der Waals surface area (Å²) in [5.74, 6) is -0.102. The van der Waals surface area contributed by atoms with Gasteiger partial charge in [-0.1, -0.05) is 43.3 Å². The van der Waals surface area contributed by atoms with Crippen molar-refractivity contribution in [3.8, 4) is 5.75 Å². The van der Waals surface area contributed by atoms with Gasteiger partial charge in [0, 0.05) is 36.6 Å². The molecule has 3 aromatic rings. The molecular weight excluding hydrogens is 522 g/mol. The van der Waals surface area contributed by atoms with Crippen LogP contribution in [0.15, 0.2) is 60.7 Å². The quantitative estimate of drug-likeness (QED) is 0.331. The number of hydrogen-bond acceptors (Lipinski definition) is 5. The van der Waals surface area contributed by atoms with Crippen LogP contribution in [-0.4, -0.2) is 77.8 Å². The van der Waals surface area contributed by atoms with Gasteiger partial charge in [0.05, 0.1) is 30.4 Å². The Bertz CT molecular complexity index is 1410. The molecule has 1 heterocycles. The van der Waals surface area contributed by atoms with E-state index in [4.69, 9.17) is 4.74 Å². The van der Waals surface area contributed by atoms with Crippen molar-refractivity contribution in [2.45, 2.75) is 45.9 Å². The van der Waals surface area contributed by atoms with Gasteiger partial charge in [-0.05, 0) is 50.4 Å². The van der Waals surface area contributed by atoms with Gasteiger partial charge < -0.3 is 35.6 Å². The van der Waals surface area contributed by atoms with Crippen LogP contribution in [0.5, 0.6) is 5.75 Å². The first kappa shape index (κ1) is 29.7. The first-order valence-electron chi connectivity index (χ1n) is 13.9. The zero-order chi connectivity index (χ0) is 29.7. The molecule has 10 heteroatoms. The highest BCUT2D eigenvalue weighted by molar-refractivity contribution is 6.07. The number of aliphatic hydroxyl groups is 1. The van der Waals surface area contributed by atoms with Crippen LogP contribution in [0.4, 0.5) is 21.0 Å². The summed E-state index contributed by atoms with van der Waals surface area (Å²) in [6.45, 7) is 7.94. The van der Waals surface area contributed by atoms with Gasteiger partial charge in [-0.2, -0.15) is 0 Å². The molecule has 3 atom stereocenters. The van der Waals surface area contributed by atoms with E-state index in [1.54, 1.807) is 42.0 Å². The third-order valence-electron chi connectivity index (χ3n) is 7.17. The van der Waals surface area contributed by atoms with E-state index in [2.05, 4.69) is 16.0 Å². The molecule has 4 N–H and O–H groups in total. The van der Waals surface area contributed by atoms with Crippen LogP contribution in [-0.2, 0) is 0 Å². The van der Waals surface area contributed by atoms with Crippen molar-refractivity contribution in [2.75, 3.05) is 37.4 Å². The van der Waals surface area contributed by atoms with Gasteiger partial charge in [0.25, 0.3) is 5.91 Å². The molecule has 0 bridgehead atoms. The Kier molecular flexibility index (Phi) is 9.34. The summed E-state index contributed by atoms with van der Waals surface area (Å²) in [7, 11) is 1.70. The van der Waals surface area contributed by atoms with E-state index in [-0.39, 0.29) is 36.1 Å². The maximum Gasteiger partial charge on any atom is 0.323 e. The number of likely N-dealkylation sites (N-methyl/N-ethyl adjacent to an activating group) is 1. The van der Waals surface area contributed by atoms with Gasteiger partial charge in [-0.3, -0.25) is 4.79 Å². The van der Waals surface area contributed by atoms with E-state index in [9.17, 15) is 19.5 Å². The van der Waals surface area contributed by atoms with Crippen LogP contribution < -0.4 is 20.7 Å². The predicted octanol–water partition coefficient (Wildman–Crippen LogP) is 4.75. The molecule has 1 aliphatic heterocycles. The van der Waals surface area contributed by atoms with E-state index >= 15 is 0 Å². The smallest absolute Gasteiger partial charge is 0.323 e. The minimum atomic E-state index is -0.453. The highest BCUT2D eigenvalue weighted by atomic mass is 16.5. The fourth-order valence-corrected chi connectivity index (χ4v) is 4.85. The molecule has 3 aromatic carbocycles. The topological polar surface area (TPSA) is 123 Å². The Morgan fingerprint density at radius 1 is 1.07 bits per heavy atom. The summed E-state index contributed by atoms with van der Waals surface area (Å²) in [5, 5.41) is 20.4. The highest BCUT2D eigenvalue weighted by Crippen LogP contribution is 2.31. The maximum absolute atomic E-state index is 13.7. The number of nitrogens with zero attached hydrogens (tertiary/aromatic N) is 2. The lowest BCUT2D eigenvalue weighted by atomic mass is 9.99. The number of hydrogen-bond donors (Lipinski definition) is 4. The number of rotatable bonds is 7. The number of carbonyl (C=O) groups is 3. The molecule has 0 saturated carbocycles. The van der Waals surface area contributed by atoms with Crippen molar-refractivity contribution in [3.63, 3.8) is 0 Å². The fraction of sp³-hybridized carbons (Fsp3) is 0.387. The van der Waals surface area contributed by atoms with Gasteiger partial charge in [-0.15, -0.1) is 0 Å². The lowest BCUT2D eigenvalue weighted by Gasteiger charge is -2.38. The normalized spacial score (nSPS) is 17.6. The Balaban J connectivity index is 1.59. The standard InChI is InChI=1S/C31H39N5O5/c1-19(2)32-31(40)35(5)17-28-20(3)16-36(21(4)18-37)29(38)25-15-23(13-14-27(25)41-28)33-30(39)34-26-12-8-10-22-9-6-7-11-24(22)26/h6-15,19-21,28,37H,16-18H2,1-5H3,(H,32,40)(H2,33,34,39)/t20-,21-,28+/m0/s1. The molecule has 1 aliphatic rings. The molecule has 0 spiro atoms. The van der Waals surface area contributed by atoms with Gasteiger partial charge in [-0.25, -0.2) is 9.59 Å². The second-order valence-corrected chi connectivity index (χ2v) is 10.9. The van der Waals surface area contributed by atoms with E-state index in [1.807, 2.05) is 63.2 Å². The SMILES string of the molecule is CC(C)NC(=O)N(C)C[C@H]1Oc2ccc(NC(=O)Nc3cccc4ccccc34)cc2C(=O)N([C@@H](C)CO)C[C@@H]1C. The molecule has 0 saturated heterocycles. The molecule has 0 aliphatic carbocycles. The van der Waals surface area contributed by atoms with Gasteiger partial charge in [0.2, 0.25) is 0 Å².